The second-order valence-electron chi connectivity index (χ2n) is 6.06. The minimum Gasteiger partial charge on any atom is -0.454 e. The fourth-order valence-electron chi connectivity index (χ4n) is 2.76. The highest BCUT2D eigenvalue weighted by atomic mass is 32.2. The topological polar surface area (TPSA) is 72.2 Å². The number of para-hydroxylation sites is 1. The quantitative estimate of drug-likeness (QED) is 0.531. The van der Waals surface area contributed by atoms with Gasteiger partial charge in [0.05, 0.1) is 0 Å². The van der Waals surface area contributed by atoms with E-state index in [1.165, 1.54) is 11.3 Å². The van der Waals surface area contributed by atoms with Gasteiger partial charge in [-0.3, -0.25) is 14.3 Å². The van der Waals surface area contributed by atoms with Crippen molar-refractivity contribution in [1.29, 1.82) is 0 Å². The van der Waals surface area contributed by atoms with Gasteiger partial charge in [-0.05, 0) is 29.8 Å². The SMILES string of the molecule is C[S@](=O)Cc1cccc(C(=O)Nc2nc(-c3cc4ccccc4o3)cs2)c1. The largest absolute Gasteiger partial charge is 0.454 e. The maximum Gasteiger partial charge on any atom is 0.257 e. The van der Waals surface area contributed by atoms with Crippen LogP contribution in [0.1, 0.15) is 15.9 Å². The highest BCUT2D eigenvalue weighted by Crippen LogP contribution is 2.30. The third-order valence-electron chi connectivity index (χ3n) is 3.96. The maximum atomic E-state index is 12.5. The third kappa shape index (κ3) is 3.99. The summed E-state index contributed by atoms with van der Waals surface area (Å²) < 4.78 is 17.2. The van der Waals surface area contributed by atoms with Crippen LogP contribution in [0.2, 0.25) is 0 Å². The number of carbonyl (C=O) groups is 1. The molecule has 4 rings (SSSR count). The summed E-state index contributed by atoms with van der Waals surface area (Å²) in [6.07, 6.45) is 1.64. The van der Waals surface area contributed by atoms with Gasteiger partial charge in [-0.25, -0.2) is 4.98 Å². The van der Waals surface area contributed by atoms with Gasteiger partial charge in [0.25, 0.3) is 5.91 Å². The van der Waals surface area contributed by atoms with Crippen LogP contribution in [-0.2, 0) is 16.6 Å². The minimum atomic E-state index is -0.953. The van der Waals surface area contributed by atoms with Crippen molar-refractivity contribution in [1.82, 2.24) is 4.98 Å². The lowest BCUT2D eigenvalue weighted by Gasteiger charge is -2.04. The van der Waals surface area contributed by atoms with Crippen molar-refractivity contribution < 1.29 is 13.4 Å². The zero-order chi connectivity index (χ0) is 18.8. The molecule has 2 aromatic heterocycles. The number of benzene rings is 2. The van der Waals surface area contributed by atoms with Crippen LogP contribution in [0.15, 0.2) is 64.4 Å². The Hall–Kier alpha value is -2.77. The van der Waals surface area contributed by atoms with E-state index < -0.39 is 10.8 Å². The van der Waals surface area contributed by atoms with E-state index in [9.17, 15) is 9.00 Å². The molecule has 27 heavy (non-hydrogen) atoms. The van der Waals surface area contributed by atoms with E-state index in [0.29, 0.717) is 27.9 Å². The van der Waals surface area contributed by atoms with Crippen molar-refractivity contribution in [2.24, 2.45) is 0 Å². The van der Waals surface area contributed by atoms with Crippen molar-refractivity contribution in [3.8, 4) is 11.5 Å². The molecule has 0 saturated carbocycles. The van der Waals surface area contributed by atoms with Crippen LogP contribution in [0.5, 0.6) is 0 Å². The van der Waals surface area contributed by atoms with Crippen molar-refractivity contribution in [2.45, 2.75) is 5.75 Å². The van der Waals surface area contributed by atoms with Crippen molar-refractivity contribution in [2.75, 3.05) is 11.6 Å². The summed E-state index contributed by atoms with van der Waals surface area (Å²) >= 11 is 1.34. The number of hydrogen-bond acceptors (Lipinski definition) is 5. The maximum absolute atomic E-state index is 12.5. The van der Waals surface area contributed by atoms with Crippen molar-refractivity contribution in [3.63, 3.8) is 0 Å². The van der Waals surface area contributed by atoms with E-state index in [1.54, 1.807) is 24.5 Å². The smallest absolute Gasteiger partial charge is 0.257 e. The Kier molecular flexibility index (Phi) is 4.87. The molecule has 0 aliphatic heterocycles. The first-order valence-electron chi connectivity index (χ1n) is 8.23. The van der Waals surface area contributed by atoms with Gasteiger partial charge < -0.3 is 4.42 Å². The van der Waals surface area contributed by atoms with Crippen LogP contribution < -0.4 is 5.32 Å². The van der Waals surface area contributed by atoms with E-state index >= 15 is 0 Å². The number of aromatic nitrogens is 1. The number of hydrogen-bond donors (Lipinski definition) is 1. The second kappa shape index (κ2) is 7.46. The Morgan fingerprint density at radius 2 is 2.04 bits per heavy atom. The first kappa shape index (κ1) is 17.6. The van der Waals surface area contributed by atoms with Crippen LogP contribution >= 0.6 is 11.3 Å². The predicted molar refractivity (Wildman–Crippen MR) is 109 cm³/mol. The van der Waals surface area contributed by atoms with E-state index in [-0.39, 0.29) is 5.91 Å². The number of carbonyl (C=O) groups excluding carboxylic acids is 1. The number of rotatable bonds is 5. The molecule has 0 unspecified atom stereocenters. The third-order valence-corrected chi connectivity index (χ3v) is 5.46. The van der Waals surface area contributed by atoms with Crippen LogP contribution in [0.25, 0.3) is 22.4 Å². The highest BCUT2D eigenvalue weighted by Gasteiger charge is 2.13. The lowest BCUT2D eigenvalue weighted by atomic mass is 10.1. The molecule has 5 nitrogen and oxygen atoms in total. The standard InChI is InChI=1S/C20H16N2O3S2/c1-27(24)12-13-5-4-7-15(9-13)19(23)22-20-21-16(11-26-20)18-10-14-6-2-3-8-17(14)25-18/h2-11H,12H2,1H3,(H,21,22,23)/t27-/m0/s1. The van der Waals surface area contributed by atoms with Gasteiger partial charge in [0.2, 0.25) is 0 Å². The molecular formula is C20H16N2O3S2. The number of anilines is 1. The molecule has 0 aliphatic rings. The van der Waals surface area contributed by atoms with E-state index in [4.69, 9.17) is 4.42 Å². The van der Waals surface area contributed by atoms with Crippen LogP contribution in [0, 0.1) is 0 Å². The fraction of sp³-hybridized carbons (Fsp3) is 0.100. The first-order valence-corrected chi connectivity index (χ1v) is 10.8. The van der Waals surface area contributed by atoms with Crippen LogP contribution in [-0.4, -0.2) is 21.4 Å². The number of nitrogens with one attached hydrogen (secondary N) is 1. The van der Waals surface area contributed by atoms with Crippen LogP contribution in [0.3, 0.4) is 0 Å². The average Bonchev–Trinajstić information content (AvgIpc) is 3.27. The Labute approximate surface area is 162 Å². The molecule has 0 saturated heterocycles. The van der Waals surface area contributed by atoms with Gasteiger partial charge in [-0.1, -0.05) is 30.3 Å². The molecule has 136 valence electrons. The Morgan fingerprint density at radius 3 is 2.85 bits per heavy atom. The molecule has 0 bridgehead atoms. The molecule has 4 aromatic rings. The van der Waals surface area contributed by atoms with Gasteiger partial charge in [-0.2, -0.15) is 0 Å². The predicted octanol–water partition coefficient (Wildman–Crippen LogP) is 4.69. The Balaban J connectivity index is 1.52. The van der Waals surface area contributed by atoms with Crippen molar-refractivity contribution >= 4 is 44.1 Å². The minimum absolute atomic E-state index is 0.246. The first-order chi connectivity index (χ1) is 13.1. The number of amides is 1. The normalized spacial score (nSPS) is 12.2. The molecule has 1 atom stereocenters. The molecule has 0 aliphatic carbocycles. The molecular weight excluding hydrogens is 380 g/mol. The second-order valence-corrected chi connectivity index (χ2v) is 8.35. The summed E-state index contributed by atoms with van der Waals surface area (Å²) in [7, 11) is -0.953. The molecule has 1 N–H and O–H groups in total. The van der Waals surface area contributed by atoms with Gasteiger partial charge >= 0.3 is 0 Å². The number of furan rings is 1. The summed E-state index contributed by atoms with van der Waals surface area (Å²) in [5, 5.41) is 6.18. The van der Waals surface area contributed by atoms with Gasteiger partial charge in [0, 0.05) is 39.1 Å². The van der Waals surface area contributed by atoms with Gasteiger partial charge in [0.1, 0.15) is 11.3 Å². The lowest BCUT2D eigenvalue weighted by molar-refractivity contribution is 0.102. The fourth-order valence-corrected chi connectivity index (χ4v) is 4.10. The molecule has 2 aromatic carbocycles. The summed E-state index contributed by atoms with van der Waals surface area (Å²) in [4.78, 5) is 17.0. The zero-order valence-electron chi connectivity index (χ0n) is 14.5. The lowest BCUT2D eigenvalue weighted by Crippen LogP contribution is -2.12. The molecule has 2 heterocycles. The molecule has 0 fully saturated rings. The summed E-state index contributed by atoms with van der Waals surface area (Å²) in [6.45, 7) is 0. The van der Waals surface area contributed by atoms with Gasteiger partial charge in [0.15, 0.2) is 10.9 Å². The summed E-state index contributed by atoms with van der Waals surface area (Å²) in [5.41, 5.74) is 2.86. The molecule has 0 radical (unpaired) electrons. The van der Waals surface area contributed by atoms with Gasteiger partial charge in [-0.15, -0.1) is 11.3 Å². The number of fused-ring (bicyclic) bond motifs is 1. The number of thiazole rings is 1. The summed E-state index contributed by atoms with van der Waals surface area (Å²) in [5.74, 6) is 0.846. The molecule has 7 heteroatoms. The van der Waals surface area contributed by atoms with E-state index in [0.717, 1.165) is 16.5 Å². The molecule has 1 amide bonds. The van der Waals surface area contributed by atoms with Crippen molar-refractivity contribution in [3.05, 3.63) is 71.1 Å². The average molecular weight is 396 g/mol. The Morgan fingerprint density at radius 1 is 1.19 bits per heavy atom. The zero-order valence-corrected chi connectivity index (χ0v) is 16.1. The summed E-state index contributed by atoms with van der Waals surface area (Å²) in [6, 6.07) is 16.8. The van der Waals surface area contributed by atoms with Crippen LogP contribution in [0.4, 0.5) is 5.13 Å². The highest BCUT2D eigenvalue weighted by molar-refractivity contribution is 7.83. The monoisotopic (exact) mass is 396 g/mol. The molecule has 0 spiro atoms. The number of nitrogens with zero attached hydrogens (tertiary/aromatic N) is 1. The van der Waals surface area contributed by atoms with E-state index in [2.05, 4.69) is 10.3 Å². The van der Waals surface area contributed by atoms with E-state index in [1.807, 2.05) is 41.8 Å². The Bertz CT molecular complexity index is 1110.